The summed E-state index contributed by atoms with van der Waals surface area (Å²) in [5.74, 6) is -0.115. The highest BCUT2D eigenvalue weighted by Crippen LogP contribution is 2.48. The second-order valence-electron chi connectivity index (χ2n) is 12.4. The van der Waals surface area contributed by atoms with Gasteiger partial charge in [0, 0.05) is 0 Å². The number of nitrogens with two attached hydrogens (primary N) is 1. The summed E-state index contributed by atoms with van der Waals surface area (Å²) in [5.41, 5.74) is 5.37. The van der Waals surface area contributed by atoms with E-state index in [-0.39, 0.29) is 18.2 Å². The number of ether oxygens (including phenoxy) is 2. The highest BCUT2D eigenvalue weighted by Gasteiger charge is 2.54. The van der Waals surface area contributed by atoms with Gasteiger partial charge in [0.15, 0.2) is 5.82 Å². The van der Waals surface area contributed by atoms with E-state index in [1.54, 1.807) is 42.5 Å². The molecule has 47 heavy (non-hydrogen) atoms. The topological polar surface area (TPSA) is 180 Å². The zero-order valence-electron chi connectivity index (χ0n) is 27.6. The van der Waals surface area contributed by atoms with Crippen molar-refractivity contribution in [3.63, 3.8) is 0 Å². The number of hydrogen-bond acceptors (Lipinski definition) is 11. The molecule has 0 spiro atoms. The Kier molecular flexibility index (Phi) is 13.6. The Labute approximate surface area is 276 Å². The highest BCUT2D eigenvalue weighted by atomic mass is 31.2. The SMILES string of the molecule is CCCCCCCCCCCCOC(=O)[C@H](C)NP(=O)(OC[C@@]1(C)O[C@@H](c2ccc3c(N)ncnn23)[C@H](O)[C@@H]1O)Oc1ccccc1. The Morgan fingerprint density at radius 2 is 1.72 bits per heavy atom. The summed E-state index contributed by atoms with van der Waals surface area (Å²) in [6.07, 6.45) is 9.10. The number of para-hydroxylation sites is 1. The van der Waals surface area contributed by atoms with Gasteiger partial charge in [-0.1, -0.05) is 82.9 Å². The fraction of sp³-hybridized carbons (Fsp3) is 0.606. The van der Waals surface area contributed by atoms with Gasteiger partial charge in [-0.3, -0.25) is 9.32 Å². The van der Waals surface area contributed by atoms with Crippen LogP contribution in [0.5, 0.6) is 5.75 Å². The minimum Gasteiger partial charge on any atom is -0.465 e. The van der Waals surface area contributed by atoms with Crippen LogP contribution in [0.3, 0.4) is 0 Å². The van der Waals surface area contributed by atoms with Gasteiger partial charge in [0.25, 0.3) is 0 Å². The first-order chi connectivity index (χ1) is 22.6. The molecule has 3 aromatic rings. The summed E-state index contributed by atoms with van der Waals surface area (Å²) in [6, 6.07) is 10.7. The Hall–Kier alpha value is -3.06. The van der Waals surface area contributed by atoms with E-state index in [2.05, 4.69) is 22.1 Å². The second-order valence-corrected chi connectivity index (χ2v) is 14.1. The van der Waals surface area contributed by atoms with Crippen LogP contribution in [0.1, 0.15) is 96.8 Å². The molecule has 1 aromatic carbocycles. The Morgan fingerprint density at radius 3 is 2.40 bits per heavy atom. The quantitative estimate of drug-likeness (QED) is 0.0671. The van der Waals surface area contributed by atoms with Crippen LogP contribution in [0.15, 0.2) is 48.8 Å². The molecule has 1 fully saturated rings. The Morgan fingerprint density at radius 1 is 1.06 bits per heavy atom. The molecule has 0 bridgehead atoms. The van der Waals surface area contributed by atoms with Gasteiger partial charge in [-0.15, -0.1) is 0 Å². The fourth-order valence-electron chi connectivity index (χ4n) is 5.60. The highest BCUT2D eigenvalue weighted by molar-refractivity contribution is 7.52. The van der Waals surface area contributed by atoms with Crippen molar-refractivity contribution in [2.75, 3.05) is 18.9 Å². The number of nitrogens with zero attached hydrogens (tertiary/aromatic N) is 3. The molecule has 0 radical (unpaired) electrons. The lowest BCUT2D eigenvalue weighted by Gasteiger charge is -2.30. The number of rotatable bonds is 20. The van der Waals surface area contributed by atoms with Crippen molar-refractivity contribution < 1.29 is 38.1 Å². The molecule has 1 aliphatic rings. The molecule has 0 saturated carbocycles. The lowest BCUT2D eigenvalue weighted by atomic mass is 9.97. The fourth-order valence-corrected chi connectivity index (χ4v) is 7.19. The van der Waals surface area contributed by atoms with Gasteiger partial charge in [-0.05, 0) is 44.5 Å². The molecule has 260 valence electrons. The van der Waals surface area contributed by atoms with Crippen LogP contribution in [0.25, 0.3) is 5.52 Å². The van der Waals surface area contributed by atoms with E-state index in [1.807, 2.05) is 0 Å². The van der Waals surface area contributed by atoms with Gasteiger partial charge in [0.05, 0.1) is 18.9 Å². The van der Waals surface area contributed by atoms with Gasteiger partial charge in [-0.25, -0.2) is 14.1 Å². The lowest BCUT2D eigenvalue weighted by molar-refractivity contribution is -0.145. The Balaban J connectivity index is 1.33. The van der Waals surface area contributed by atoms with Gasteiger partial charge >= 0.3 is 13.7 Å². The predicted molar refractivity (Wildman–Crippen MR) is 178 cm³/mol. The van der Waals surface area contributed by atoms with Crippen LogP contribution in [0, 0.1) is 0 Å². The first-order valence-corrected chi connectivity index (χ1v) is 18.2. The molecule has 0 amide bonds. The van der Waals surface area contributed by atoms with Crippen molar-refractivity contribution in [1.29, 1.82) is 0 Å². The molecule has 6 atom stereocenters. The number of nitrogen functional groups attached to an aromatic ring is 1. The van der Waals surface area contributed by atoms with Crippen LogP contribution in [-0.4, -0.2) is 67.8 Å². The number of aliphatic hydroxyl groups is 2. The summed E-state index contributed by atoms with van der Waals surface area (Å²) < 4.78 is 38.7. The van der Waals surface area contributed by atoms with E-state index in [0.29, 0.717) is 11.2 Å². The standard InChI is InChI=1S/C33H50N5O8P/c1-4-5-6-7-8-9-10-11-12-16-21-43-32(41)24(2)37-47(42,46-25-17-14-13-15-18-25)44-22-33(3)30(40)28(39)29(45-33)26-19-20-27-31(34)35-23-36-38(26)27/h13-15,17-20,23-24,28-30,39-40H,4-12,16,21-22H2,1-3H3,(H,37,42)(H2,34,35,36)/t24-,28-,29-,30-,33+,47?/m0/s1. The summed E-state index contributed by atoms with van der Waals surface area (Å²) in [4.78, 5) is 16.8. The van der Waals surface area contributed by atoms with Gasteiger partial charge < -0.3 is 29.9 Å². The van der Waals surface area contributed by atoms with Gasteiger partial charge in [0.2, 0.25) is 0 Å². The number of unbranched alkanes of at least 4 members (excludes halogenated alkanes) is 9. The average Bonchev–Trinajstić information content (AvgIpc) is 3.59. The number of benzene rings is 1. The van der Waals surface area contributed by atoms with Crippen molar-refractivity contribution in [1.82, 2.24) is 19.7 Å². The summed E-state index contributed by atoms with van der Waals surface area (Å²) in [7, 11) is -4.25. The van der Waals surface area contributed by atoms with Gasteiger partial charge in [-0.2, -0.15) is 10.2 Å². The number of esters is 1. The van der Waals surface area contributed by atoms with Crippen molar-refractivity contribution >= 4 is 25.1 Å². The number of aliphatic hydroxyl groups excluding tert-OH is 2. The third-order valence-electron chi connectivity index (χ3n) is 8.40. The zero-order valence-corrected chi connectivity index (χ0v) is 28.5. The third-order valence-corrected chi connectivity index (χ3v) is 10.0. The van der Waals surface area contributed by atoms with Crippen LogP contribution < -0.4 is 15.3 Å². The summed E-state index contributed by atoms with van der Waals surface area (Å²) >= 11 is 0. The zero-order chi connectivity index (χ0) is 33.9. The molecule has 1 unspecified atom stereocenters. The number of nitrogens with one attached hydrogen (secondary N) is 1. The van der Waals surface area contributed by atoms with E-state index in [4.69, 9.17) is 24.3 Å². The van der Waals surface area contributed by atoms with Crippen molar-refractivity contribution in [2.24, 2.45) is 0 Å². The first-order valence-electron chi connectivity index (χ1n) is 16.6. The molecular formula is C33H50N5O8P. The monoisotopic (exact) mass is 675 g/mol. The van der Waals surface area contributed by atoms with E-state index >= 15 is 0 Å². The Bertz CT molecular complexity index is 1460. The van der Waals surface area contributed by atoms with Crippen LogP contribution in [0.4, 0.5) is 5.82 Å². The molecule has 0 aliphatic carbocycles. The molecule has 5 N–H and O–H groups in total. The molecule has 4 rings (SSSR count). The maximum Gasteiger partial charge on any atom is 0.459 e. The van der Waals surface area contributed by atoms with Crippen molar-refractivity contribution in [3.8, 4) is 5.75 Å². The molecule has 13 nitrogen and oxygen atoms in total. The van der Waals surface area contributed by atoms with Crippen molar-refractivity contribution in [3.05, 3.63) is 54.5 Å². The number of carbonyl (C=O) groups is 1. The van der Waals surface area contributed by atoms with E-state index in [1.165, 1.54) is 69.6 Å². The first kappa shape index (κ1) is 36.8. The molecular weight excluding hydrogens is 625 g/mol. The van der Waals surface area contributed by atoms with Gasteiger partial charge in [0.1, 0.15) is 47.5 Å². The van der Waals surface area contributed by atoms with Crippen molar-refractivity contribution in [2.45, 2.75) is 115 Å². The third kappa shape index (κ3) is 9.98. The molecule has 2 aromatic heterocycles. The number of anilines is 1. The van der Waals surface area contributed by atoms with Crippen LogP contribution in [-0.2, 0) is 23.4 Å². The molecule has 1 saturated heterocycles. The van der Waals surface area contributed by atoms with Crippen LogP contribution >= 0.6 is 7.75 Å². The number of hydrogen-bond donors (Lipinski definition) is 4. The number of fused-ring (bicyclic) bond motifs is 1. The van der Waals surface area contributed by atoms with E-state index in [0.717, 1.165) is 19.3 Å². The summed E-state index contributed by atoms with van der Waals surface area (Å²) in [6.45, 7) is 5.06. The smallest absolute Gasteiger partial charge is 0.459 e. The molecule has 1 aliphatic heterocycles. The largest absolute Gasteiger partial charge is 0.465 e. The minimum absolute atomic E-state index is 0.238. The summed E-state index contributed by atoms with van der Waals surface area (Å²) in [5, 5.41) is 28.9. The molecule has 3 heterocycles. The number of aromatic nitrogens is 3. The normalized spacial score (nSPS) is 23.0. The maximum atomic E-state index is 14.1. The number of carbonyl (C=O) groups excluding carboxylic acids is 1. The van der Waals surface area contributed by atoms with Crippen LogP contribution in [0.2, 0.25) is 0 Å². The molecule has 14 heteroatoms. The maximum absolute atomic E-state index is 14.1. The lowest BCUT2D eigenvalue weighted by Crippen LogP contribution is -2.45. The van der Waals surface area contributed by atoms with E-state index < -0.39 is 50.3 Å². The van der Waals surface area contributed by atoms with E-state index in [9.17, 15) is 19.6 Å². The average molecular weight is 676 g/mol. The minimum atomic E-state index is -4.25. The predicted octanol–water partition coefficient (Wildman–Crippen LogP) is 5.51. The second kappa shape index (κ2) is 17.4.